The van der Waals surface area contributed by atoms with Gasteiger partial charge < -0.3 is 10.4 Å². The molecule has 6 aromatic rings. The summed E-state index contributed by atoms with van der Waals surface area (Å²) in [5.41, 5.74) is 4.94. The quantitative estimate of drug-likeness (QED) is 0.125. The number of rotatable bonds is 9. The van der Waals surface area contributed by atoms with Crippen molar-refractivity contribution in [3.05, 3.63) is 110 Å². The van der Waals surface area contributed by atoms with Gasteiger partial charge in [-0.3, -0.25) is 14.6 Å². The van der Waals surface area contributed by atoms with Gasteiger partial charge in [0.1, 0.15) is 5.75 Å². The summed E-state index contributed by atoms with van der Waals surface area (Å²) >= 11 is 10.1. The average molecular weight is 833 g/mol. The normalized spacial score (nSPS) is 13.6. The number of hydrogen-bond acceptors (Lipinski definition) is 7. The number of aromatic nitrogens is 5. The van der Waals surface area contributed by atoms with Crippen molar-refractivity contribution in [2.75, 3.05) is 18.4 Å². The van der Waals surface area contributed by atoms with Crippen LogP contribution in [0.25, 0.3) is 22.7 Å². The standard InChI is InChI=1S/C38H38ClIN8O2S/c1-38(2,3)34-33(40)36(48(45-34)27-11-8-9-24(19-27)22-46-17-6-7-18-46)42-37(50)41-21-25-10-4-5-12-31(25)51-28-14-16-32-43-44-35(47(32)23-28)29-20-26(39)13-15-30(29)49/h4-5,8-16,19-20,23,49H,6-7,17-18,21-22H2,1-3H3,(H2,41,42,50). The first-order chi connectivity index (χ1) is 24.5. The third-order valence-electron chi connectivity index (χ3n) is 8.74. The monoisotopic (exact) mass is 832 g/mol. The first-order valence-electron chi connectivity index (χ1n) is 16.8. The molecule has 0 saturated carbocycles. The number of benzene rings is 3. The molecule has 0 aliphatic carbocycles. The number of likely N-dealkylation sites (tertiary alicyclic amines) is 1. The molecule has 3 aromatic heterocycles. The summed E-state index contributed by atoms with van der Waals surface area (Å²) in [6.45, 7) is 9.86. The van der Waals surface area contributed by atoms with Crippen LogP contribution in [-0.2, 0) is 18.5 Å². The van der Waals surface area contributed by atoms with Crippen LogP contribution in [0.1, 0.15) is 50.4 Å². The second-order valence-corrected chi connectivity index (χ2v) is 16.3. The Labute approximate surface area is 319 Å². The maximum absolute atomic E-state index is 13.6. The molecule has 262 valence electrons. The highest BCUT2D eigenvalue weighted by Gasteiger charge is 2.27. The van der Waals surface area contributed by atoms with Crippen molar-refractivity contribution in [2.24, 2.45) is 0 Å². The van der Waals surface area contributed by atoms with Crippen LogP contribution < -0.4 is 10.6 Å². The van der Waals surface area contributed by atoms with Crippen LogP contribution in [0, 0.1) is 3.57 Å². The molecule has 10 nitrogen and oxygen atoms in total. The fraction of sp³-hybridized carbons (Fsp3) is 0.263. The highest BCUT2D eigenvalue weighted by molar-refractivity contribution is 14.1. The van der Waals surface area contributed by atoms with Crippen LogP contribution in [0.3, 0.4) is 0 Å². The van der Waals surface area contributed by atoms with Crippen LogP contribution in [-0.4, -0.2) is 53.5 Å². The molecule has 2 amide bonds. The molecule has 0 atom stereocenters. The van der Waals surface area contributed by atoms with Crippen molar-refractivity contribution >= 4 is 63.4 Å². The lowest BCUT2D eigenvalue weighted by Crippen LogP contribution is -2.29. The molecular formula is C38H38ClIN8O2S. The molecule has 1 fully saturated rings. The number of pyridine rings is 1. The van der Waals surface area contributed by atoms with Gasteiger partial charge in [0.15, 0.2) is 17.3 Å². The SMILES string of the molecule is CC(C)(C)c1nn(-c2cccc(CN3CCCC3)c2)c(NC(=O)NCc2ccccc2Sc2ccc3nnc(-c4cc(Cl)ccc4O)n3c2)c1I. The summed E-state index contributed by atoms with van der Waals surface area (Å²) in [7, 11) is 0. The first kappa shape index (κ1) is 35.3. The maximum Gasteiger partial charge on any atom is 0.320 e. The van der Waals surface area contributed by atoms with E-state index in [0.29, 0.717) is 34.4 Å². The number of halogens is 2. The molecule has 7 rings (SSSR count). The van der Waals surface area contributed by atoms with E-state index in [1.54, 1.807) is 30.0 Å². The molecule has 1 saturated heterocycles. The highest BCUT2D eigenvalue weighted by atomic mass is 127. The van der Waals surface area contributed by atoms with Crippen molar-refractivity contribution < 1.29 is 9.90 Å². The smallest absolute Gasteiger partial charge is 0.320 e. The Morgan fingerprint density at radius 3 is 2.61 bits per heavy atom. The van der Waals surface area contributed by atoms with Gasteiger partial charge in [-0.2, -0.15) is 5.10 Å². The van der Waals surface area contributed by atoms with E-state index < -0.39 is 0 Å². The minimum Gasteiger partial charge on any atom is -0.507 e. The summed E-state index contributed by atoms with van der Waals surface area (Å²) in [5.74, 6) is 1.20. The van der Waals surface area contributed by atoms with E-state index in [2.05, 4.69) is 87.3 Å². The Kier molecular flexibility index (Phi) is 10.3. The van der Waals surface area contributed by atoms with Gasteiger partial charge >= 0.3 is 6.03 Å². The van der Waals surface area contributed by atoms with Gasteiger partial charge in [-0.25, -0.2) is 9.48 Å². The second-order valence-electron chi connectivity index (χ2n) is 13.6. The lowest BCUT2D eigenvalue weighted by molar-refractivity contribution is 0.251. The van der Waals surface area contributed by atoms with E-state index in [9.17, 15) is 9.90 Å². The number of amides is 2. The zero-order valence-corrected chi connectivity index (χ0v) is 32.3. The number of urea groups is 1. The number of nitrogens with one attached hydrogen (secondary N) is 2. The van der Waals surface area contributed by atoms with Crippen LogP contribution in [0.5, 0.6) is 5.75 Å². The van der Waals surface area contributed by atoms with E-state index in [0.717, 1.165) is 49.9 Å². The van der Waals surface area contributed by atoms with Gasteiger partial charge in [-0.15, -0.1) is 10.2 Å². The Bertz CT molecular complexity index is 2220. The summed E-state index contributed by atoms with van der Waals surface area (Å²) in [6.07, 6.45) is 4.42. The van der Waals surface area contributed by atoms with Crippen molar-refractivity contribution in [3.8, 4) is 22.8 Å². The summed E-state index contributed by atoms with van der Waals surface area (Å²) in [6, 6.07) is 24.8. The Morgan fingerprint density at radius 2 is 1.80 bits per heavy atom. The molecule has 1 aliphatic rings. The minimum absolute atomic E-state index is 0.0693. The first-order valence-corrected chi connectivity index (χ1v) is 19.1. The molecule has 4 heterocycles. The maximum atomic E-state index is 13.6. The van der Waals surface area contributed by atoms with Crippen LogP contribution in [0.2, 0.25) is 5.02 Å². The molecule has 0 radical (unpaired) electrons. The number of carbonyl (C=O) groups is 1. The van der Waals surface area contributed by atoms with E-state index in [1.165, 1.54) is 18.4 Å². The lowest BCUT2D eigenvalue weighted by atomic mass is 9.92. The molecule has 3 aromatic carbocycles. The molecular weight excluding hydrogens is 795 g/mol. The number of phenols is 1. The predicted molar refractivity (Wildman–Crippen MR) is 211 cm³/mol. The van der Waals surface area contributed by atoms with E-state index >= 15 is 0 Å². The average Bonchev–Trinajstić information content (AvgIpc) is 3.85. The number of fused-ring (bicyclic) bond motifs is 1. The van der Waals surface area contributed by atoms with Crippen molar-refractivity contribution in [3.63, 3.8) is 0 Å². The largest absolute Gasteiger partial charge is 0.507 e. The molecule has 51 heavy (non-hydrogen) atoms. The Balaban J connectivity index is 1.09. The molecule has 0 bridgehead atoms. The molecule has 0 spiro atoms. The predicted octanol–water partition coefficient (Wildman–Crippen LogP) is 8.91. The molecule has 0 unspecified atom stereocenters. The highest BCUT2D eigenvalue weighted by Crippen LogP contribution is 2.35. The van der Waals surface area contributed by atoms with E-state index in [-0.39, 0.29) is 17.2 Å². The Hall–Kier alpha value is -4.11. The third-order valence-corrected chi connectivity index (χ3v) is 11.1. The number of nitrogens with zero attached hydrogens (tertiary/aromatic N) is 6. The minimum atomic E-state index is -0.320. The van der Waals surface area contributed by atoms with Gasteiger partial charge in [0.25, 0.3) is 0 Å². The van der Waals surface area contributed by atoms with Gasteiger partial charge in [-0.1, -0.05) is 74.5 Å². The van der Waals surface area contributed by atoms with Crippen molar-refractivity contribution in [2.45, 2.75) is 61.9 Å². The number of phenolic OH excluding ortho intramolecular Hbond substituents is 1. The fourth-order valence-corrected chi connectivity index (χ4v) is 8.58. The van der Waals surface area contributed by atoms with Crippen molar-refractivity contribution in [1.82, 2.24) is 34.6 Å². The zero-order chi connectivity index (χ0) is 35.7. The molecule has 13 heteroatoms. The van der Waals surface area contributed by atoms with Crippen LogP contribution in [0.15, 0.2) is 94.9 Å². The Morgan fingerprint density at radius 1 is 1.00 bits per heavy atom. The number of hydrogen-bond donors (Lipinski definition) is 3. The second kappa shape index (κ2) is 14.9. The molecule has 1 aliphatic heterocycles. The molecule has 3 N–H and O–H groups in total. The number of carbonyl (C=O) groups excluding carboxylic acids is 1. The summed E-state index contributed by atoms with van der Waals surface area (Å²) in [5, 5.41) is 30.8. The van der Waals surface area contributed by atoms with Crippen molar-refractivity contribution in [1.29, 1.82) is 0 Å². The van der Waals surface area contributed by atoms with E-state index in [1.807, 2.05) is 57.7 Å². The van der Waals surface area contributed by atoms with Gasteiger partial charge in [-0.05, 0) is 108 Å². The summed E-state index contributed by atoms with van der Waals surface area (Å²) in [4.78, 5) is 18.0. The summed E-state index contributed by atoms with van der Waals surface area (Å²) < 4.78 is 4.60. The topological polar surface area (TPSA) is 113 Å². The lowest BCUT2D eigenvalue weighted by Gasteiger charge is -2.16. The van der Waals surface area contributed by atoms with Crippen LogP contribution in [0.4, 0.5) is 10.6 Å². The third kappa shape index (κ3) is 7.88. The van der Waals surface area contributed by atoms with Crippen LogP contribution >= 0.6 is 46.0 Å². The van der Waals surface area contributed by atoms with Gasteiger partial charge in [0.05, 0.1) is 20.5 Å². The number of aromatic hydroxyl groups is 1. The van der Waals surface area contributed by atoms with Gasteiger partial charge in [0.2, 0.25) is 0 Å². The van der Waals surface area contributed by atoms with E-state index in [4.69, 9.17) is 16.7 Å². The number of anilines is 1. The zero-order valence-electron chi connectivity index (χ0n) is 28.5. The fourth-order valence-electron chi connectivity index (χ4n) is 6.16. The van der Waals surface area contributed by atoms with Gasteiger partial charge in [0, 0.05) is 39.5 Å².